The van der Waals surface area contributed by atoms with E-state index in [4.69, 9.17) is 10.7 Å². The third-order valence-corrected chi connectivity index (χ3v) is 6.51. The molecule has 0 spiro atoms. The Morgan fingerprint density at radius 2 is 1.97 bits per heavy atom. The van der Waals surface area contributed by atoms with Crippen LogP contribution < -0.4 is 16.5 Å². The third-order valence-electron chi connectivity index (χ3n) is 5.74. The number of nitrogens with one attached hydrogen (secondary N) is 2. The third kappa shape index (κ3) is 4.43. The number of nitrogens with zero attached hydrogens (tertiary/aromatic N) is 4. The van der Waals surface area contributed by atoms with Gasteiger partial charge in [-0.15, -0.1) is 11.3 Å². The van der Waals surface area contributed by atoms with Crippen molar-refractivity contribution in [3.8, 4) is 22.6 Å². The number of H-pyrrole nitrogens is 1. The van der Waals surface area contributed by atoms with Gasteiger partial charge in [-0.25, -0.2) is 15.0 Å². The molecular formula is C25H23N7O2S. The van der Waals surface area contributed by atoms with Crippen molar-refractivity contribution in [3.63, 3.8) is 0 Å². The molecule has 4 aromatic heterocycles. The lowest BCUT2D eigenvalue weighted by Crippen LogP contribution is -2.24. The first-order valence-corrected chi connectivity index (χ1v) is 12.0. The Balaban J connectivity index is 1.41. The molecule has 35 heavy (non-hydrogen) atoms. The number of aromatic amines is 1. The molecule has 0 saturated heterocycles. The van der Waals surface area contributed by atoms with Crippen LogP contribution in [0.15, 0.2) is 65.2 Å². The number of aromatic nitrogens is 5. The molecule has 0 aliphatic heterocycles. The van der Waals surface area contributed by atoms with Crippen molar-refractivity contribution >= 4 is 34.1 Å². The van der Waals surface area contributed by atoms with Gasteiger partial charge in [0.25, 0.3) is 0 Å². The van der Waals surface area contributed by atoms with Crippen molar-refractivity contribution in [2.45, 2.75) is 26.4 Å². The van der Waals surface area contributed by atoms with E-state index in [9.17, 15) is 9.59 Å². The molecule has 0 aliphatic carbocycles. The second-order valence-electron chi connectivity index (χ2n) is 7.92. The van der Waals surface area contributed by atoms with Crippen LogP contribution in [0.5, 0.6) is 0 Å². The van der Waals surface area contributed by atoms with Gasteiger partial charge in [-0.3, -0.25) is 9.59 Å². The number of benzene rings is 1. The second kappa shape index (κ2) is 9.51. The van der Waals surface area contributed by atoms with Gasteiger partial charge in [0, 0.05) is 36.1 Å². The number of amides is 1. The number of nitrogens with two attached hydrogens (primary N) is 1. The van der Waals surface area contributed by atoms with Crippen molar-refractivity contribution in [2.75, 3.05) is 5.73 Å². The van der Waals surface area contributed by atoms with E-state index >= 15 is 0 Å². The number of nitrogen functional groups attached to an aromatic ring is 1. The van der Waals surface area contributed by atoms with E-state index in [2.05, 4.69) is 20.3 Å². The fourth-order valence-electron chi connectivity index (χ4n) is 4.00. The largest absolute Gasteiger partial charge is 0.384 e. The number of thiazole rings is 1. The molecule has 9 nitrogen and oxygen atoms in total. The minimum Gasteiger partial charge on any atom is -0.384 e. The zero-order valence-corrected chi connectivity index (χ0v) is 19.8. The van der Waals surface area contributed by atoms with Crippen LogP contribution in [-0.4, -0.2) is 30.4 Å². The van der Waals surface area contributed by atoms with Gasteiger partial charge in [-0.05, 0) is 24.6 Å². The van der Waals surface area contributed by atoms with Gasteiger partial charge in [0.15, 0.2) is 0 Å². The smallest absolute Gasteiger partial charge is 0.224 e. The average Bonchev–Trinajstić information content (AvgIpc) is 3.58. The van der Waals surface area contributed by atoms with Crippen molar-refractivity contribution < 1.29 is 4.79 Å². The quantitative estimate of drug-likeness (QED) is 0.324. The summed E-state index contributed by atoms with van der Waals surface area (Å²) in [5.74, 6) is 0.697. The molecule has 5 aromatic rings. The van der Waals surface area contributed by atoms with E-state index in [1.54, 1.807) is 24.7 Å². The first kappa shape index (κ1) is 22.5. The van der Waals surface area contributed by atoms with E-state index in [-0.39, 0.29) is 17.8 Å². The average molecular weight is 486 g/mol. The Morgan fingerprint density at radius 3 is 2.66 bits per heavy atom. The number of rotatable bonds is 7. The summed E-state index contributed by atoms with van der Waals surface area (Å²) in [5, 5.41) is 6.12. The maximum absolute atomic E-state index is 13.2. The Bertz CT molecular complexity index is 1540. The number of anilines is 1. The molecule has 0 bridgehead atoms. The predicted octanol–water partition coefficient (Wildman–Crippen LogP) is 3.37. The summed E-state index contributed by atoms with van der Waals surface area (Å²) in [6, 6.07) is 11.3. The van der Waals surface area contributed by atoms with Gasteiger partial charge >= 0.3 is 0 Å². The summed E-state index contributed by atoms with van der Waals surface area (Å²) >= 11 is 1.51. The van der Waals surface area contributed by atoms with E-state index in [0.717, 1.165) is 16.1 Å². The summed E-state index contributed by atoms with van der Waals surface area (Å²) < 4.78 is 1.82. The summed E-state index contributed by atoms with van der Waals surface area (Å²) in [6.45, 7) is 2.93. The van der Waals surface area contributed by atoms with Gasteiger partial charge < -0.3 is 20.6 Å². The second-order valence-corrected chi connectivity index (χ2v) is 8.89. The van der Waals surface area contributed by atoms with Crippen LogP contribution in [0.4, 0.5) is 5.82 Å². The molecule has 0 fully saturated rings. The highest BCUT2D eigenvalue weighted by atomic mass is 32.1. The van der Waals surface area contributed by atoms with Gasteiger partial charge in [0.05, 0.1) is 24.0 Å². The fourth-order valence-corrected chi connectivity index (χ4v) is 4.55. The van der Waals surface area contributed by atoms with E-state index in [1.165, 1.54) is 11.3 Å². The highest BCUT2D eigenvalue weighted by molar-refractivity contribution is 7.09. The molecule has 5 rings (SSSR count). The summed E-state index contributed by atoms with van der Waals surface area (Å²) in [7, 11) is 0. The van der Waals surface area contributed by atoms with Crippen LogP contribution >= 0.6 is 11.3 Å². The fraction of sp³-hybridized carbons (Fsp3) is 0.160. The molecule has 1 aromatic carbocycles. The van der Waals surface area contributed by atoms with Crippen molar-refractivity contribution in [1.82, 2.24) is 29.8 Å². The highest BCUT2D eigenvalue weighted by Gasteiger charge is 2.19. The molecule has 0 aliphatic rings. The molecule has 4 N–H and O–H groups in total. The zero-order valence-electron chi connectivity index (χ0n) is 19.0. The summed E-state index contributed by atoms with van der Waals surface area (Å²) in [6.07, 6.45) is 5.24. The SMILES string of the molecule is CCn1c(N)c(-c2ncc[nH]2)c(=O)c2ccc(-c3ccc(CC(=O)NCc4nccs4)cc3)nc21. The molecule has 10 heteroatoms. The first-order chi connectivity index (χ1) is 17.0. The summed E-state index contributed by atoms with van der Waals surface area (Å²) in [4.78, 5) is 41.6. The molecule has 0 saturated carbocycles. The first-order valence-electron chi connectivity index (χ1n) is 11.1. The predicted molar refractivity (Wildman–Crippen MR) is 137 cm³/mol. The van der Waals surface area contributed by atoms with Crippen molar-refractivity contribution in [2.24, 2.45) is 0 Å². The number of pyridine rings is 2. The number of carbonyl (C=O) groups is 1. The van der Waals surface area contributed by atoms with E-state index < -0.39 is 0 Å². The summed E-state index contributed by atoms with van der Waals surface area (Å²) in [5.41, 5.74) is 9.52. The van der Waals surface area contributed by atoms with Crippen LogP contribution in [0.2, 0.25) is 0 Å². The van der Waals surface area contributed by atoms with Crippen LogP contribution in [0, 0.1) is 0 Å². The van der Waals surface area contributed by atoms with Gasteiger partial charge in [0.2, 0.25) is 11.3 Å². The standard InChI is InChI=1S/C25H23N7O2S/c1-2-32-23(26)21(24-28-9-10-29-24)22(34)17-7-8-18(31-25(17)32)16-5-3-15(4-6-16)13-19(33)30-14-20-27-11-12-35-20/h3-12H,2,13-14,26H2,1H3,(H,28,29)(H,30,33). The molecular weight excluding hydrogens is 462 g/mol. The number of hydrogen-bond donors (Lipinski definition) is 3. The number of aryl methyl sites for hydroxylation is 1. The molecule has 4 heterocycles. The molecule has 1 amide bonds. The maximum atomic E-state index is 13.2. The van der Waals surface area contributed by atoms with Crippen molar-refractivity contribution in [3.05, 3.63) is 81.2 Å². The molecule has 176 valence electrons. The topological polar surface area (TPSA) is 132 Å². The lowest BCUT2D eigenvalue weighted by molar-refractivity contribution is -0.120. The number of imidazole rings is 1. The molecule has 0 radical (unpaired) electrons. The number of hydrogen-bond acceptors (Lipinski definition) is 7. The van der Waals surface area contributed by atoms with Crippen LogP contribution in [-0.2, 0) is 24.3 Å². The minimum atomic E-state index is -0.213. The van der Waals surface area contributed by atoms with Crippen LogP contribution in [0.3, 0.4) is 0 Å². The Labute approximate surface area is 204 Å². The monoisotopic (exact) mass is 485 g/mol. The van der Waals surface area contributed by atoms with E-state index in [1.807, 2.05) is 47.2 Å². The minimum absolute atomic E-state index is 0.0634. The van der Waals surface area contributed by atoms with Crippen LogP contribution in [0.25, 0.3) is 33.7 Å². The number of fused-ring (bicyclic) bond motifs is 1. The Hall–Kier alpha value is -4.31. The highest BCUT2D eigenvalue weighted by Crippen LogP contribution is 2.26. The maximum Gasteiger partial charge on any atom is 0.224 e. The van der Waals surface area contributed by atoms with Crippen molar-refractivity contribution in [1.29, 1.82) is 0 Å². The van der Waals surface area contributed by atoms with Gasteiger partial charge in [-0.1, -0.05) is 24.3 Å². The molecule has 0 atom stereocenters. The van der Waals surface area contributed by atoms with Gasteiger partial charge in [-0.2, -0.15) is 0 Å². The lowest BCUT2D eigenvalue weighted by Gasteiger charge is -2.15. The Kier molecular flexibility index (Phi) is 6.11. The molecule has 0 unspecified atom stereocenters. The number of carbonyl (C=O) groups excluding carboxylic acids is 1. The normalized spacial score (nSPS) is 11.1. The Morgan fingerprint density at radius 1 is 1.14 bits per heavy atom. The zero-order chi connectivity index (χ0) is 24.4. The van der Waals surface area contributed by atoms with Crippen LogP contribution in [0.1, 0.15) is 17.5 Å². The van der Waals surface area contributed by atoms with Gasteiger partial charge in [0.1, 0.15) is 27.9 Å². The van der Waals surface area contributed by atoms with E-state index in [0.29, 0.717) is 47.0 Å². The lowest BCUT2D eigenvalue weighted by atomic mass is 10.1.